The van der Waals surface area contributed by atoms with Gasteiger partial charge in [0.2, 0.25) is 0 Å². The van der Waals surface area contributed by atoms with E-state index in [-0.39, 0.29) is 6.04 Å². The van der Waals surface area contributed by atoms with Gasteiger partial charge in [-0.1, -0.05) is 29.3 Å². The highest BCUT2D eigenvalue weighted by Gasteiger charge is 2.15. The minimum Gasteiger partial charge on any atom is -0.496 e. The number of methoxy groups -OCH3 is 1. The van der Waals surface area contributed by atoms with Gasteiger partial charge >= 0.3 is 0 Å². The van der Waals surface area contributed by atoms with E-state index >= 15 is 0 Å². The Morgan fingerprint density at radius 2 is 1.65 bits per heavy atom. The number of nitrogens with two attached hydrogens (primary N) is 1. The van der Waals surface area contributed by atoms with Crippen molar-refractivity contribution in [3.05, 3.63) is 52.0 Å². The monoisotopic (exact) mass is 311 g/mol. The molecule has 0 spiro atoms. The summed E-state index contributed by atoms with van der Waals surface area (Å²) in [4.78, 5) is 0. The van der Waals surface area contributed by atoms with Gasteiger partial charge in [0.15, 0.2) is 0 Å². The molecule has 0 aliphatic carbocycles. The molecule has 0 saturated heterocycles. The zero-order chi connectivity index (χ0) is 14.7. The van der Waals surface area contributed by atoms with Gasteiger partial charge in [-0.25, -0.2) is 0 Å². The van der Waals surface area contributed by atoms with Gasteiger partial charge in [0, 0.05) is 16.1 Å². The van der Waals surface area contributed by atoms with Crippen molar-refractivity contribution in [3.8, 4) is 17.2 Å². The van der Waals surface area contributed by atoms with Crippen molar-refractivity contribution in [3.63, 3.8) is 0 Å². The fraction of sp³-hybridized carbons (Fsp3) is 0.200. The number of halogens is 2. The first-order chi connectivity index (χ1) is 9.51. The smallest absolute Gasteiger partial charge is 0.135 e. The van der Waals surface area contributed by atoms with E-state index in [1.54, 1.807) is 25.3 Å². The highest BCUT2D eigenvalue weighted by molar-refractivity contribution is 6.34. The van der Waals surface area contributed by atoms with Crippen LogP contribution in [0.25, 0.3) is 0 Å². The lowest BCUT2D eigenvalue weighted by Crippen LogP contribution is -2.08. The molecule has 20 heavy (non-hydrogen) atoms. The maximum Gasteiger partial charge on any atom is 0.135 e. The summed E-state index contributed by atoms with van der Waals surface area (Å²) in [6, 6.07) is 10.3. The van der Waals surface area contributed by atoms with E-state index in [0.29, 0.717) is 27.3 Å². The highest BCUT2D eigenvalue weighted by Crippen LogP contribution is 2.36. The Balaban J connectivity index is 2.42. The largest absolute Gasteiger partial charge is 0.496 e. The first-order valence-electron chi connectivity index (χ1n) is 6.07. The van der Waals surface area contributed by atoms with Gasteiger partial charge in [-0.05, 0) is 37.3 Å². The lowest BCUT2D eigenvalue weighted by Gasteiger charge is -2.17. The molecule has 0 aromatic heterocycles. The van der Waals surface area contributed by atoms with Gasteiger partial charge < -0.3 is 15.2 Å². The molecule has 0 heterocycles. The Bertz CT molecular complexity index is 595. The van der Waals surface area contributed by atoms with Gasteiger partial charge in [0.25, 0.3) is 0 Å². The van der Waals surface area contributed by atoms with Gasteiger partial charge in [-0.2, -0.15) is 0 Å². The fourth-order valence-corrected chi connectivity index (χ4v) is 2.46. The molecule has 2 N–H and O–H groups in total. The fourth-order valence-electron chi connectivity index (χ4n) is 1.95. The van der Waals surface area contributed by atoms with Crippen molar-refractivity contribution in [1.82, 2.24) is 0 Å². The van der Waals surface area contributed by atoms with Crippen LogP contribution in [0.15, 0.2) is 36.4 Å². The first kappa shape index (κ1) is 15.0. The van der Waals surface area contributed by atoms with E-state index in [0.717, 1.165) is 5.56 Å². The van der Waals surface area contributed by atoms with E-state index < -0.39 is 0 Å². The van der Waals surface area contributed by atoms with Crippen LogP contribution >= 0.6 is 23.2 Å². The van der Waals surface area contributed by atoms with Crippen LogP contribution in [0.4, 0.5) is 0 Å². The minimum atomic E-state index is -0.226. The predicted octanol–water partition coefficient (Wildman–Crippen LogP) is 4.81. The zero-order valence-electron chi connectivity index (χ0n) is 11.2. The highest BCUT2D eigenvalue weighted by atomic mass is 35.5. The van der Waals surface area contributed by atoms with Crippen LogP contribution in [0, 0.1) is 0 Å². The summed E-state index contributed by atoms with van der Waals surface area (Å²) >= 11 is 11.9. The van der Waals surface area contributed by atoms with Crippen molar-refractivity contribution in [1.29, 1.82) is 0 Å². The van der Waals surface area contributed by atoms with E-state index in [2.05, 4.69) is 0 Å². The maximum atomic E-state index is 5.99. The van der Waals surface area contributed by atoms with Crippen LogP contribution in [0.5, 0.6) is 17.2 Å². The summed E-state index contributed by atoms with van der Waals surface area (Å²) in [5.41, 5.74) is 6.79. The van der Waals surface area contributed by atoms with Gasteiger partial charge in [-0.3, -0.25) is 0 Å². The second-order valence-corrected chi connectivity index (χ2v) is 5.24. The molecule has 2 aromatic carbocycles. The maximum absolute atomic E-state index is 5.99. The molecule has 106 valence electrons. The molecule has 0 saturated carbocycles. The zero-order valence-corrected chi connectivity index (χ0v) is 12.7. The molecule has 2 rings (SSSR count). The average molecular weight is 312 g/mol. The number of hydrogen-bond acceptors (Lipinski definition) is 3. The molecular formula is C15H15Cl2NO2. The Morgan fingerprint density at radius 1 is 1.05 bits per heavy atom. The molecule has 2 aromatic rings. The van der Waals surface area contributed by atoms with Gasteiger partial charge in [0.05, 0.1) is 12.7 Å². The van der Waals surface area contributed by atoms with Crippen molar-refractivity contribution in [2.45, 2.75) is 13.0 Å². The summed E-state index contributed by atoms with van der Waals surface area (Å²) < 4.78 is 11.2. The Labute approximate surface area is 128 Å². The van der Waals surface area contributed by atoms with E-state index in [4.69, 9.17) is 38.4 Å². The molecule has 0 amide bonds. The van der Waals surface area contributed by atoms with Crippen molar-refractivity contribution < 1.29 is 9.47 Å². The third-order valence-electron chi connectivity index (χ3n) is 2.77. The van der Waals surface area contributed by atoms with Crippen LogP contribution in [0.3, 0.4) is 0 Å². The molecule has 0 fully saturated rings. The molecule has 5 heteroatoms. The third-order valence-corrected chi connectivity index (χ3v) is 3.20. The Morgan fingerprint density at radius 3 is 2.20 bits per heavy atom. The molecule has 1 atom stereocenters. The molecular weight excluding hydrogens is 297 g/mol. The summed E-state index contributed by atoms with van der Waals surface area (Å²) in [5.74, 6) is 1.86. The second kappa shape index (κ2) is 6.35. The molecule has 0 bridgehead atoms. The molecule has 0 radical (unpaired) electrons. The third kappa shape index (κ3) is 3.37. The van der Waals surface area contributed by atoms with E-state index in [1.165, 1.54) is 0 Å². The molecule has 0 unspecified atom stereocenters. The number of ether oxygens (including phenoxy) is 2. The van der Waals surface area contributed by atoms with Crippen molar-refractivity contribution in [2.75, 3.05) is 7.11 Å². The SMILES string of the molecule is COc1cccc(Oc2cc(Cl)cc(Cl)c2)c1[C@@H](C)N. The van der Waals surface area contributed by atoms with Crippen molar-refractivity contribution in [2.24, 2.45) is 5.73 Å². The standard InChI is InChI=1S/C15H15Cl2NO2/c1-9(18)15-13(19-2)4-3-5-14(15)20-12-7-10(16)6-11(17)8-12/h3-9H,18H2,1-2H3/t9-/m1/s1. The van der Waals surface area contributed by atoms with Gasteiger partial charge in [-0.15, -0.1) is 0 Å². The predicted molar refractivity (Wildman–Crippen MR) is 82.1 cm³/mol. The topological polar surface area (TPSA) is 44.5 Å². The van der Waals surface area contributed by atoms with Crippen LogP contribution < -0.4 is 15.2 Å². The Hall–Kier alpha value is -1.42. The summed E-state index contributed by atoms with van der Waals surface area (Å²) in [7, 11) is 1.60. The molecule has 0 aliphatic rings. The van der Waals surface area contributed by atoms with Crippen molar-refractivity contribution >= 4 is 23.2 Å². The van der Waals surface area contributed by atoms with Crippen LogP contribution in [-0.4, -0.2) is 7.11 Å². The minimum absolute atomic E-state index is 0.226. The van der Waals surface area contributed by atoms with Crippen LogP contribution in [-0.2, 0) is 0 Å². The first-order valence-corrected chi connectivity index (χ1v) is 6.83. The van der Waals surface area contributed by atoms with E-state index in [1.807, 2.05) is 25.1 Å². The average Bonchev–Trinajstić information content (AvgIpc) is 2.36. The van der Waals surface area contributed by atoms with Crippen LogP contribution in [0.1, 0.15) is 18.5 Å². The van der Waals surface area contributed by atoms with Crippen LogP contribution in [0.2, 0.25) is 10.0 Å². The lowest BCUT2D eigenvalue weighted by molar-refractivity contribution is 0.397. The van der Waals surface area contributed by atoms with E-state index in [9.17, 15) is 0 Å². The normalized spacial score (nSPS) is 12.1. The Kier molecular flexibility index (Phi) is 4.76. The molecule has 3 nitrogen and oxygen atoms in total. The molecule has 0 aliphatic heterocycles. The number of hydrogen-bond donors (Lipinski definition) is 1. The number of benzene rings is 2. The second-order valence-electron chi connectivity index (χ2n) is 4.37. The lowest BCUT2D eigenvalue weighted by atomic mass is 10.1. The van der Waals surface area contributed by atoms with Gasteiger partial charge in [0.1, 0.15) is 17.2 Å². The summed E-state index contributed by atoms with van der Waals surface area (Å²) in [6.45, 7) is 1.87. The summed E-state index contributed by atoms with van der Waals surface area (Å²) in [6.07, 6.45) is 0. The quantitative estimate of drug-likeness (QED) is 0.880. The summed E-state index contributed by atoms with van der Waals surface area (Å²) in [5, 5.41) is 1.02. The number of rotatable bonds is 4.